The average Bonchev–Trinajstić information content (AvgIpc) is 2.83. The lowest BCUT2D eigenvalue weighted by Crippen LogP contribution is -2.41. The van der Waals surface area contributed by atoms with Gasteiger partial charge >= 0.3 is 0 Å². The van der Waals surface area contributed by atoms with Crippen LogP contribution in [0.4, 0.5) is 0 Å². The van der Waals surface area contributed by atoms with Crippen molar-refractivity contribution in [3.8, 4) is 0 Å². The molecule has 0 aliphatic carbocycles. The summed E-state index contributed by atoms with van der Waals surface area (Å²) in [6.45, 7) is 15.8. The molecule has 0 aliphatic heterocycles. The van der Waals surface area contributed by atoms with Gasteiger partial charge in [-0.1, -0.05) is 5.16 Å². The first-order valence-electron chi connectivity index (χ1n) is 8.98. The summed E-state index contributed by atoms with van der Waals surface area (Å²) in [4.78, 5) is 6.79. The van der Waals surface area contributed by atoms with Crippen LogP contribution in [0.2, 0.25) is 0 Å². The van der Waals surface area contributed by atoms with Crippen molar-refractivity contribution < 1.29 is 4.52 Å². The average molecular weight is 465 g/mol. The molecule has 0 atom stereocenters. The van der Waals surface area contributed by atoms with Crippen molar-refractivity contribution in [2.75, 3.05) is 26.7 Å². The van der Waals surface area contributed by atoms with Gasteiger partial charge in [-0.05, 0) is 54.4 Å². The standard InChI is InChI=1S/C18H35N5O.HI/c1-13(2)23(14(3)4)12-8-10-20-18(19-7)21-11-9-17-15(5)22-24-16(17)6;/h13-14H,8-12H2,1-7H3,(H2,19,20,21);1H. The Morgan fingerprint density at radius 1 is 1.12 bits per heavy atom. The SMILES string of the molecule is CN=C(NCCCN(C(C)C)C(C)C)NCCc1c(C)noc1C.I. The number of rotatable bonds is 9. The molecule has 7 heteroatoms. The summed E-state index contributed by atoms with van der Waals surface area (Å²) in [6, 6.07) is 1.16. The number of guanidine groups is 1. The van der Waals surface area contributed by atoms with Gasteiger partial charge in [0.25, 0.3) is 0 Å². The van der Waals surface area contributed by atoms with Crippen LogP contribution in [0.1, 0.15) is 51.1 Å². The monoisotopic (exact) mass is 465 g/mol. The second kappa shape index (κ2) is 12.5. The lowest BCUT2D eigenvalue weighted by atomic mass is 10.1. The zero-order valence-corrected chi connectivity index (χ0v) is 19.2. The third kappa shape index (κ3) is 8.40. The summed E-state index contributed by atoms with van der Waals surface area (Å²) >= 11 is 0. The van der Waals surface area contributed by atoms with Crippen LogP contribution in [0.25, 0.3) is 0 Å². The van der Waals surface area contributed by atoms with Gasteiger partial charge in [0.2, 0.25) is 0 Å². The van der Waals surface area contributed by atoms with E-state index in [1.54, 1.807) is 7.05 Å². The Balaban J connectivity index is 0.00000576. The van der Waals surface area contributed by atoms with Crippen molar-refractivity contribution in [3.63, 3.8) is 0 Å². The van der Waals surface area contributed by atoms with Gasteiger partial charge in [0, 0.05) is 44.3 Å². The molecule has 0 aliphatic rings. The van der Waals surface area contributed by atoms with Gasteiger partial charge in [-0.3, -0.25) is 9.89 Å². The van der Waals surface area contributed by atoms with Gasteiger partial charge in [0.15, 0.2) is 5.96 Å². The maximum Gasteiger partial charge on any atom is 0.190 e. The smallest absolute Gasteiger partial charge is 0.190 e. The number of nitrogens with one attached hydrogen (secondary N) is 2. The number of nitrogens with zero attached hydrogens (tertiary/aromatic N) is 3. The van der Waals surface area contributed by atoms with Crippen LogP contribution >= 0.6 is 24.0 Å². The molecule has 0 spiro atoms. The van der Waals surface area contributed by atoms with E-state index in [1.807, 2.05) is 13.8 Å². The Bertz CT molecular complexity index is 486. The summed E-state index contributed by atoms with van der Waals surface area (Å²) in [5.74, 6) is 1.75. The van der Waals surface area contributed by atoms with E-state index >= 15 is 0 Å². The van der Waals surface area contributed by atoms with Crippen LogP contribution < -0.4 is 10.6 Å². The molecule has 0 bridgehead atoms. The molecule has 0 unspecified atom stereocenters. The van der Waals surface area contributed by atoms with E-state index in [2.05, 4.69) is 53.4 Å². The Morgan fingerprint density at radius 2 is 1.72 bits per heavy atom. The summed E-state index contributed by atoms with van der Waals surface area (Å²) in [7, 11) is 1.81. The highest BCUT2D eigenvalue weighted by molar-refractivity contribution is 14.0. The van der Waals surface area contributed by atoms with E-state index in [1.165, 1.54) is 5.56 Å². The molecule has 0 fully saturated rings. The normalized spacial score (nSPS) is 12.0. The quantitative estimate of drug-likeness (QED) is 0.254. The van der Waals surface area contributed by atoms with Crippen LogP contribution in [0.5, 0.6) is 0 Å². The Kier molecular flexibility index (Phi) is 12.1. The third-order valence-electron chi connectivity index (χ3n) is 4.28. The second-order valence-corrected chi connectivity index (χ2v) is 6.76. The lowest BCUT2D eigenvalue weighted by Gasteiger charge is -2.30. The fraction of sp³-hybridized carbons (Fsp3) is 0.778. The molecular weight excluding hydrogens is 429 g/mol. The first-order valence-corrected chi connectivity index (χ1v) is 8.98. The molecule has 1 heterocycles. The van der Waals surface area contributed by atoms with Gasteiger partial charge in [-0.15, -0.1) is 24.0 Å². The molecule has 1 rings (SSSR count). The number of aromatic nitrogens is 1. The van der Waals surface area contributed by atoms with Gasteiger partial charge in [0.1, 0.15) is 5.76 Å². The highest BCUT2D eigenvalue weighted by Gasteiger charge is 2.12. The minimum absolute atomic E-state index is 0. The maximum absolute atomic E-state index is 5.19. The molecule has 0 aromatic carbocycles. The van der Waals surface area contributed by atoms with E-state index in [9.17, 15) is 0 Å². The number of aliphatic imine (C=N–C) groups is 1. The molecule has 2 N–H and O–H groups in total. The minimum Gasteiger partial charge on any atom is -0.361 e. The Morgan fingerprint density at radius 3 is 2.20 bits per heavy atom. The topological polar surface area (TPSA) is 65.7 Å². The number of aryl methyl sites for hydroxylation is 2. The number of halogens is 1. The zero-order chi connectivity index (χ0) is 18.1. The lowest BCUT2D eigenvalue weighted by molar-refractivity contribution is 0.173. The molecule has 6 nitrogen and oxygen atoms in total. The fourth-order valence-corrected chi connectivity index (χ4v) is 2.97. The van der Waals surface area contributed by atoms with Gasteiger partial charge in [-0.2, -0.15) is 0 Å². The molecule has 1 aromatic heterocycles. The first-order chi connectivity index (χ1) is 11.4. The molecule has 0 amide bonds. The minimum atomic E-state index is 0. The predicted octanol–water partition coefficient (Wildman–Crippen LogP) is 3.13. The van der Waals surface area contributed by atoms with Crippen LogP contribution in [-0.2, 0) is 6.42 Å². The Labute approximate surface area is 170 Å². The fourth-order valence-electron chi connectivity index (χ4n) is 2.97. The highest BCUT2D eigenvalue weighted by Crippen LogP contribution is 2.12. The third-order valence-corrected chi connectivity index (χ3v) is 4.28. The van der Waals surface area contributed by atoms with Gasteiger partial charge in [-0.25, -0.2) is 0 Å². The molecule has 1 aromatic rings. The van der Waals surface area contributed by atoms with Crippen molar-refractivity contribution in [1.82, 2.24) is 20.7 Å². The second-order valence-electron chi connectivity index (χ2n) is 6.76. The van der Waals surface area contributed by atoms with E-state index in [-0.39, 0.29) is 24.0 Å². The molecule has 25 heavy (non-hydrogen) atoms. The predicted molar refractivity (Wildman–Crippen MR) is 116 cm³/mol. The van der Waals surface area contributed by atoms with Crippen molar-refractivity contribution in [3.05, 3.63) is 17.0 Å². The molecule has 0 saturated carbocycles. The van der Waals surface area contributed by atoms with Crippen LogP contribution in [0.3, 0.4) is 0 Å². The highest BCUT2D eigenvalue weighted by atomic mass is 127. The van der Waals surface area contributed by atoms with Crippen molar-refractivity contribution in [1.29, 1.82) is 0 Å². The van der Waals surface area contributed by atoms with Crippen LogP contribution in [-0.4, -0.2) is 54.8 Å². The van der Waals surface area contributed by atoms with Gasteiger partial charge in [0.05, 0.1) is 5.69 Å². The maximum atomic E-state index is 5.19. The first kappa shape index (κ1) is 24.2. The van der Waals surface area contributed by atoms with E-state index < -0.39 is 0 Å². The van der Waals surface area contributed by atoms with Crippen LogP contribution in [0.15, 0.2) is 9.52 Å². The molecule has 146 valence electrons. The van der Waals surface area contributed by atoms with E-state index in [0.29, 0.717) is 12.1 Å². The number of hydrogen-bond acceptors (Lipinski definition) is 4. The summed E-state index contributed by atoms with van der Waals surface area (Å²) in [5, 5.41) is 10.7. The summed E-state index contributed by atoms with van der Waals surface area (Å²) in [5.41, 5.74) is 2.15. The van der Waals surface area contributed by atoms with Crippen molar-refractivity contribution in [2.24, 2.45) is 4.99 Å². The molecule has 0 saturated heterocycles. The summed E-state index contributed by atoms with van der Waals surface area (Å²) < 4.78 is 5.19. The van der Waals surface area contributed by atoms with Gasteiger partial charge < -0.3 is 15.2 Å². The van der Waals surface area contributed by atoms with Crippen molar-refractivity contribution >= 4 is 29.9 Å². The van der Waals surface area contributed by atoms with E-state index in [4.69, 9.17) is 4.52 Å². The molecular formula is C18H36IN5O. The number of hydrogen-bond donors (Lipinski definition) is 2. The summed E-state index contributed by atoms with van der Waals surface area (Å²) in [6.07, 6.45) is 1.98. The largest absolute Gasteiger partial charge is 0.361 e. The Hall–Kier alpha value is -0.830. The van der Waals surface area contributed by atoms with Crippen molar-refractivity contribution in [2.45, 2.75) is 66.5 Å². The van der Waals surface area contributed by atoms with Crippen LogP contribution in [0, 0.1) is 13.8 Å². The van der Waals surface area contributed by atoms with E-state index in [0.717, 1.165) is 49.9 Å². The zero-order valence-electron chi connectivity index (χ0n) is 16.8. The molecule has 0 radical (unpaired) electrons.